The maximum Gasteiger partial charge on any atom is 0.136 e. The molecule has 0 unspecified atom stereocenters. The first-order chi connectivity index (χ1) is 9.52. The number of halogens is 1. The molecule has 0 saturated carbocycles. The number of hydrogen-bond acceptors (Lipinski definition) is 4. The second kappa shape index (κ2) is 6.13. The van der Waals surface area contributed by atoms with E-state index in [2.05, 4.69) is 20.9 Å². The molecule has 4 nitrogen and oxygen atoms in total. The molecule has 0 aliphatic rings. The Hall–Kier alpha value is -1.75. The zero-order valence-corrected chi connectivity index (χ0v) is 13.3. The zero-order chi connectivity index (χ0) is 14.7. The van der Waals surface area contributed by atoms with E-state index in [1.807, 2.05) is 26.0 Å². The van der Waals surface area contributed by atoms with E-state index in [1.54, 1.807) is 19.4 Å². The summed E-state index contributed by atoms with van der Waals surface area (Å²) < 4.78 is 12.0. The largest absolute Gasteiger partial charge is 0.496 e. The smallest absolute Gasteiger partial charge is 0.136 e. The fraction of sp³-hybridized carbons (Fsp3) is 0.267. The summed E-state index contributed by atoms with van der Waals surface area (Å²) in [6.07, 6.45) is 1.79. The Morgan fingerprint density at radius 2 is 2.05 bits per heavy atom. The summed E-state index contributed by atoms with van der Waals surface area (Å²) in [5.74, 6) is 1.55. The Morgan fingerprint density at radius 3 is 2.75 bits per heavy atom. The van der Waals surface area contributed by atoms with Crippen molar-refractivity contribution in [3.05, 3.63) is 45.7 Å². The number of nitrogens with two attached hydrogens (primary N) is 1. The number of nitrogen functional groups attached to an aromatic ring is 1. The van der Waals surface area contributed by atoms with Gasteiger partial charge in [-0.1, -0.05) is 0 Å². The van der Waals surface area contributed by atoms with Crippen molar-refractivity contribution in [2.45, 2.75) is 20.5 Å². The van der Waals surface area contributed by atoms with Gasteiger partial charge in [0.2, 0.25) is 0 Å². The van der Waals surface area contributed by atoms with Gasteiger partial charge in [-0.15, -0.1) is 0 Å². The molecule has 0 radical (unpaired) electrons. The standard InChI is InChI=1S/C15H17BrN2O2/c1-9-7-18-13(10(2)15(9)19-3)8-20-14-6-11(17)4-5-12(14)16/h4-7H,8,17H2,1-3H3. The molecule has 0 spiro atoms. The molecule has 0 atom stereocenters. The number of ether oxygens (including phenoxy) is 2. The van der Waals surface area contributed by atoms with Crippen LogP contribution in [0.25, 0.3) is 0 Å². The average molecular weight is 337 g/mol. The first-order valence-corrected chi connectivity index (χ1v) is 6.99. The average Bonchev–Trinajstić information content (AvgIpc) is 2.42. The highest BCUT2D eigenvalue weighted by molar-refractivity contribution is 9.10. The maximum absolute atomic E-state index is 5.78. The molecule has 5 heteroatoms. The summed E-state index contributed by atoms with van der Waals surface area (Å²) in [6.45, 7) is 4.31. The van der Waals surface area contributed by atoms with Crippen LogP contribution in [0.2, 0.25) is 0 Å². The van der Waals surface area contributed by atoms with E-state index < -0.39 is 0 Å². The molecule has 0 aliphatic carbocycles. The first-order valence-electron chi connectivity index (χ1n) is 6.19. The van der Waals surface area contributed by atoms with Crippen LogP contribution < -0.4 is 15.2 Å². The minimum Gasteiger partial charge on any atom is -0.496 e. The number of aromatic nitrogens is 1. The second-order valence-electron chi connectivity index (χ2n) is 4.52. The Kier molecular flexibility index (Phi) is 4.49. The van der Waals surface area contributed by atoms with Gasteiger partial charge in [0.1, 0.15) is 18.1 Å². The fourth-order valence-corrected chi connectivity index (χ4v) is 2.35. The number of nitrogens with zero attached hydrogens (tertiary/aromatic N) is 1. The molecule has 0 saturated heterocycles. The SMILES string of the molecule is COc1c(C)cnc(COc2cc(N)ccc2Br)c1C. The van der Waals surface area contributed by atoms with E-state index in [1.165, 1.54) is 0 Å². The summed E-state index contributed by atoms with van der Waals surface area (Å²) in [4.78, 5) is 4.40. The molecule has 0 amide bonds. The molecule has 106 valence electrons. The maximum atomic E-state index is 5.78. The highest BCUT2D eigenvalue weighted by Gasteiger charge is 2.11. The molecule has 0 bridgehead atoms. The number of rotatable bonds is 4. The van der Waals surface area contributed by atoms with Crippen LogP contribution >= 0.6 is 15.9 Å². The lowest BCUT2D eigenvalue weighted by Crippen LogP contribution is -2.04. The lowest BCUT2D eigenvalue weighted by Gasteiger charge is -2.13. The second-order valence-corrected chi connectivity index (χ2v) is 5.38. The molecule has 1 aromatic heterocycles. The predicted molar refractivity (Wildman–Crippen MR) is 83.1 cm³/mol. The van der Waals surface area contributed by atoms with Crippen molar-refractivity contribution in [1.29, 1.82) is 0 Å². The minimum absolute atomic E-state index is 0.366. The van der Waals surface area contributed by atoms with Gasteiger partial charge in [0, 0.05) is 29.1 Å². The van der Waals surface area contributed by atoms with E-state index >= 15 is 0 Å². The highest BCUT2D eigenvalue weighted by Crippen LogP contribution is 2.29. The number of benzene rings is 1. The molecule has 2 N–H and O–H groups in total. The molecule has 2 aromatic rings. The normalized spacial score (nSPS) is 10.4. The summed E-state index contributed by atoms with van der Waals surface area (Å²) in [7, 11) is 1.66. The Morgan fingerprint density at radius 1 is 1.30 bits per heavy atom. The van der Waals surface area contributed by atoms with E-state index in [-0.39, 0.29) is 0 Å². The predicted octanol–water partition coefficient (Wildman–Crippen LogP) is 3.63. The Balaban J connectivity index is 2.21. The van der Waals surface area contributed by atoms with Crippen molar-refractivity contribution in [1.82, 2.24) is 4.98 Å². The van der Waals surface area contributed by atoms with Gasteiger partial charge >= 0.3 is 0 Å². The van der Waals surface area contributed by atoms with Crippen molar-refractivity contribution >= 4 is 21.6 Å². The van der Waals surface area contributed by atoms with Crippen LogP contribution in [0.1, 0.15) is 16.8 Å². The first kappa shape index (κ1) is 14.7. The van der Waals surface area contributed by atoms with E-state index in [0.29, 0.717) is 18.0 Å². The number of hydrogen-bond donors (Lipinski definition) is 1. The minimum atomic E-state index is 0.366. The van der Waals surface area contributed by atoms with Crippen LogP contribution in [0.15, 0.2) is 28.9 Å². The lowest BCUT2D eigenvalue weighted by atomic mass is 10.1. The van der Waals surface area contributed by atoms with Gasteiger partial charge in [-0.2, -0.15) is 0 Å². The Labute approximate surface area is 127 Å². The molecule has 2 rings (SSSR count). The van der Waals surface area contributed by atoms with Gasteiger partial charge in [-0.3, -0.25) is 4.98 Å². The number of anilines is 1. The van der Waals surface area contributed by atoms with E-state index in [0.717, 1.165) is 27.0 Å². The van der Waals surface area contributed by atoms with Crippen molar-refractivity contribution in [3.8, 4) is 11.5 Å². The van der Waals surface area contributed by atoms with Crippen molar-refractivity contribution < 1.29 is 9.47 Å². The third-order valence-electron chi connectivity index (χ3n) is 3.07. The molecule has 0 aliphatic heterocycles. The number of methoxy groups -OCH3 is 1. The van der Waals surface area contributed by atoms with Crippen molar-refractivity contribution in [2.24, 2.45) is 0 Å². The van der Waals surface area contributed by atoms with Gasteiger partial charge in [0.05, 0.1) is 17.3 Å². The van der Waals surface area contributed by atoms with Crippen LogP contribution in [-0.4, -0.2) is 12.1 Å². The van der Waals surface area contributed by atoms with Crippen LogP contribution in [0.5, 0.6) is 11.5 Å². The molecule has 1 aromatic carbocycles. The van der Waals surface area contributed by atoms with Crippen LogP contribution in [0, 0.1) is 13.8 Å². The quantitative estimate of drug-likeness (QED) is 0.866. The zero-order valence-electron chi connectivity index (χ0n) is 11.7. The van der Waals surface area contributed by atoms with Crippen molar-refractivity contribution in [3.63, 3.8) is 0 Å². The van der Waals surface area contributed by atoms with Gasteiger partial charge < -0.3 is 15.2 Å². The molecule has 20 heavy (non-hydrogen) atoms. The van der Waals surface area contributed by atoms with Crippen LogP contribution in [-0.2, 0) is 6.61 Å². The van der Waals surface area contributed by atoms with E-state index in [9.17, 15) is 0 Å². The van der Waals surface area contributed by atoms with Gasteiger partial charge in [-0.25, -0.2) is 0 Å². The third-order valence-corrected chi connectivity index (χ3v) is 3.72. The fourth-order valence-electron chi connectivity index (χ4n) is 1.99. The van der Waals surface area contributed by atoms with Crippen LogP contribution in [0.4, 0.5) is 5.69 Å². The molecular weight excluding hydrogens is 320 g/mol. The van der Waals surface area contributed by atoms with Gasteiger partial charge in [0.15, 0.2) is 0 Å². The Bertz CT molecular complexity index is 630. The molecule has 1 heterocycles. The molecule has 0 fully saturated rings. The summed E-state index contributed by atoms with van der Waals surface area (Å²) in [5, 5.41) is 0. The number of aryl methyl sites for hydroxylation is 1. The monoisotopic (exact) mass is 336 g/mol. The van der Waals surface area contributed by atoms with Gasteiger partial charge in [-0.05, 0) is 41.9 Å². The summed E-state index contributed by atoms with van der Waals surface area (Å²) >= 11 is 3.44. The summed E-state index contributed by atoms with van der Waals surface area (Å²) in [5.41, 5.74) is 9.27. The molecular formula is C15H17BrN2O2. The third kappa shape index (κ3) is 3.04. The topological polar surface area (TPSA) is 57.4 Å². The van der Waals surface area contributed by atoms with Crippen LogP contribution in [0.3, 0.4) is 0 Å². The van der Waals surface area contributed by atoms with Gasteiger partial charge in [0.25, 0.3) is 0 Å². The lowest BCUT2D eigenvalue weighted by molar-refractivity contribution is 0.297. The highest BCUT2D eigenvalue weighted by atomic mass is 79.9. The summed E-state index contributed by atoms with van der Waals surface area (Å²) in [6, 6.07) is 5.46. The number of pyridine rings is 1. The van der Waals surface area contributed by atoms with E-state index in [4.69, 9.17) is 15.2 Å². The van der Waals surface area contributed by atoms with Crippen molar-refractivity contribution in [2.75, 3.05) is 12.8 Å².